The molecule has 2 aromatic rings. The summed E-state index contributed by atoms with van der Waals surface area (Å²) in [4.78, 5) is 10.3. The predicted molar refractivity (Wildman–Crippen MR) is 94.4 cm³/mol. The Balaban J connectivity index is 1.84. The van der Waals surface area contributed by atoms with E-state index in [2.05, 4.69) is 27.5 Å². The third kappa shape index (κ3) is 5.98. The van der Waals surface area contributed by atoms with E-state index in [0.29, 0.717) is 6.54 Å². The number of rotatable bonds is 7. The van der Waals surface area contributed by atoms with Gasteiger partial charge in [0, 0.05) is 30.6 Å². The van der Waals surface area contributed by atoms with Crippen LogP contribution in [0.2, 0.25) is 0 Å². The number of hydrogen-bond donors (Lipinski definition) is 2. The van der Waals surface area contributed by atoms with Gasteiger partial charge in [0.05, 0.1) is 11.6 Å². The summed E-state index contributed by atoms with van der Waals surface area (Å²) in [6.45, 7) is 6.27. The summed E-state index contributed by atoms with van der Waals surface area (Å²) in [7, 11) is 0. The van der Waals surface area contributed by atoms with E-state index in [-0.39, 0.29) is 5.82 Å². The third-order valence-corrected chi connectivity index (χ3v) is 4.46. The van der Waals surface area contributed by atoms with Gasteiger partial charge in [-0.1, -0.05) is 19.1 Å². The van der Waals surface area contributed by atoms with Crippen molar-refractivity contribution in [2.45, 2.75) is 33.2 Å². The molecule has 0 aliphatic carbocycles. The van der Waals surface area contributed by atoms with Crippen molar-refractivity contribution in [2.24, 2.45) is 4.99 Å². The zero-order valence-corrected chi connectivity index (χ0v) is 14.4. The number of thiazole rings is 1. The number of nitrogens with one attached hydrogen (secondary N) is 2. The zero-order valence-electron chi connectivity index (χ0n) is 13.6. The summed E-state index contributed by atoms with van der Waals surface area (Å²) in [6.07, 6.45) is 3.87. The van der Waals surface area contributed by atoms with Gasteiger partial charge in [0.15, 0.2) is 5.96 Å². The second-order valence-corrected chi connectivity index (χ2v) is 6.27. The lowest BCUT2D eigenvalue weighted by Gasteiger charge is -2.10. The molecule has 0 amide bonds. The van der Waals surface area contributed by atoms with Crippen molar-refractivity contribution in [1.82, 2.24) is 15.6 Å². The molecule has 0 saturated carbocycles. The smallest absolute Gasteiger partial charge is 0.191 e. The Kier molecular flexibility index (Phi) is 7.00. The van der Waals surface area contributed by atoms with Gasteiger partial charge >= 0.3 is 0 Å². The summed E-state index contributed by atoms with van der Waals surface area (Å²) in [6, 6.07) is 6.42. The van der Waals surface area contributed by atoms with Crippen LogP contribution in [0.1, 0.15) is 29.3 Å². The summed E-state index contributed by atoms with van der Waals surface area (Å²) in [5.41, 5.74) is 0.983. The molecule has 1 aromatic heterocycles. The van der Waals surface area contributed by atoms with E-state index >= 15 is 0 Å². The van der Waals surface area contributed by atoms with Gasteiger partial charge in [-0.3, -0.25) is 0 Å². The van der Waals surface area contributed by atoms with Crippen LogP contribution < -0.4 is 10.6 Å². The lowest BCUT2D eigenvalue weighted by atomic mass is 10.2. The largest absolute Gasteiger partial charge is 0.357 e. The van der Waals surface area contributed by atoms with Crippen molar-refractivity contribution < 1.29 is 4.39 Å². The van der Waals surface area contributed by atoms with Crippen LogP contribution in [0, 0.1) is 5.82 Å². The van der Waals surface area contributed by atoms with Gasteiger partial charge < -0.3 is 10.6 Å². The zero-order chi connectivity index (χ0) is 16.5. The first kappa shape index (κ1) is 17.4. The second kappa shape index (κ2) is 9.25. The highest BCUT2D eigenvalue weighted by Crippen LogP contribution is 2.13. The van der Waals surface area contributed by atoms with Crippen LogP contribution >= 0.6 is 11.3 Å². The number of nitrogens with zero attached hydrogens (tertiary/aromatic N) is 2. The van der Waals surface area contributed by atoms with E-state index in [0.717, 1.165) is 42.5 Å². The number of hydrogen-bond acceptors (Lipinski definition) is 3. The second-order valence-electron chi connectivity index (χ2n) is 5.07. The van der Waals surface area contributed by atoms with E-state index < -0.39 is 0 Å². The Bertz CT molecular complexity index is 622. The molecule has 124 valence electrons. The maximum absolute atomic E-state index is 12.9. The SMILES string of the molecule is CCNC(=NCc1ccc(F)cc1)NCCc1ncc(CC)s1. The van der Waals surface area contributed by atoms with Gasteiger partial charge in [-0.05, 0) is 31.0 Å². The Labute approximate surface area is 140 Å². The van der Waals surface area contributed by atoms with Crippen molar-refractivity contribution in [2.75, 3.05) is 13.1 Å². The average Bonchev–Trinajstić information content (AvgIpc) is 3.02. The Morgan fingerprint density at radius 1 is 1.22 bits per heavy atom. The molecule has 0 spiro atoms. The first-order chi connectivity index (χ1) is 11.2. The molecule has 4 nitrogen and oxygen atoms in total. The van der Waals surface area contributed by atoms with Crippen LogP contribution in [-0.4, -0.2) is 24.0 Å². The van der Waals surface area contributed by atoms with Gasteiger partial charge in [-0.15, -0.1) is 11.3 Å². The van der Waals surface area contributed by atoms with Crippen LogP contribution in [0.3, 0.4) is 0 Å². The van der Waals surface area contributed by atoms with Gasteiger partial charge in [0.1, 0.15) is 5.82 Å². The maximum atomic E-state index is 12.9. The van der Waals surface area contributed by atoms with E-state index in [9.17, 15) is 4.39 Å². The minimum absolute atomic E-state index is 0.224. The highest BCUT2D eigenvalue weighted by Gasteiger charge is 2.02. The summed E-state index contributed by atoms with van der Waals surface area (Å²) in [5, 5.41) is 7.67. The highest BCUT2D eigenvalue weighted by molar-refractivity contribution is 7.11. The molecule has 0 saturated heterocycles. The van der Waals surface area contributed by atoms with Crippen molar-refractivity contribution in [1.29, 1.82) is 0 Å². The van der Waals surface area contributed by atoms with E-state index in [1.165, 1.54) is 17.0 Å². The van der Waals surface area contributed by atoms with E-state index in [4.69, 9.17) is 0 Å². The molecule has 0 bridgehead atoms. The van der Waals surface area contributed by atoms with Crippen molar-refractivity contribution >= 4 is 17.3 Å². The van der Waals surface area contributed by atoms with Crippen LogP contribution in [0.5, 0.6) is 0 Å². The minimum Gasteiger partial charge on any atom is -0.357 e. The van der Waals surface area contributed by atoms with Crippen LogP contribution in [0.25, 0.3) is 0 Å². The molecular formula is C17H23FN4S. The predicted octanol–water partition coefficient (Wildman–Crippen LogP) is 3.14. The minimum atomic E-state index is -0.224. The number of aliphatic imine (C=N–C) groups is 1. The fraction of sp³-hybridized carbons (Fsp3) is 0.412. The molecule has 6 heteroatoms. The molecule has 0 fully saturated rings. The summed E-state index contributed by atoms with van der Waals surface area (Å²) in [5.74, 6) is 0.543. The van der Waals surface area contributed by atoms with E-state index in [1.807, 2.05) is 13.1 Å². The first-order valence-electron chi connectivity index (χ1n) is 7.91. The molecule has 2 N–H and O–H groups in total. The standard InChI is InChI=1S/C17H23FN4S/c1-3-15-12-21-16(23-15)9-10-20-17(19-4-2)22-11-13-5-7-14(18)8-6-13/h5-8,12H,3-4,9-11H2,1-2H3,(H2,19,20,22). The molecule has 0 aliphatic rings. The van der Waals surface area contributed by atoms with Crippen LogP contribution in [0.4, 0.5) is 4.39 Å². The molecule has 0 atom stereocenters. The lowest BCUT2D eigenvalue weighted by Crippen LogP contribution is -2.38. The fourth-order valence-electron chi connectivity index (χ4n) is 2.02. The topological polar surface area (TPSA) is 49.3 Å². The Morgan fingerprint density at radius 2 is 2.00 bits per heavy atom. The maximum Gasteiger partial charge on any atom is 0.191 e. The third-order valence-electron chi connectivity index (χ3n) is 3.26. The summed E-state index contributed by atoms with van der Waals surface area (Å²) >= 11 is 1.76. The molecule has 23 heavy (non-hydrogen) atoms. The van der Waals surface area contributed by atoms with Crippen LogP contribution in [0.15, 0.2) is 35.5 Å². The summed E-state index contributed by atoms with van der Waals surface area (Å²) < 4.78 is 12.9. The highest BCUT2D eigenvalue weighted by atomic mass is 32.1. The Hall–Kier alpha value is -1.95. The average molecular weight is 334 g/mol. The van der Waals surface area contributed by atoms with Gasteiger partial charge in [0.2, 0.25) is 0 Å². The molecule has 1 heterocycles. The van der Waals surface area contributed by atoms with Crippen molar-refractivity contribution in [3.63, 3.8) is 0 Å². The van der Waals surface area contributed by atoms with Gasteiger partial charge in [0.25, 0.3) is 0 Å². The lowest BCUT2D eigenvalue weighted by molar-refractivity contribution is 0.627. The monoisotopic (exact) mass is 334 g/mol. The van der Waals surface area contributed by atoms with E-state index in [1.54, 1.807) is 23.5 Å². The van der Waals surface area contributed by atoms with Crippen LogP contribution in [-0.2, 0) is 19.4 Å². The number of aromatic nitrogens is 1. The number of aryl methyl sites for hydroxylation is 1. The molecule has 2 rings (SSSR count). The van der Waals surface area contributed by atoms with Gasteiger partial charge in [-0.25, -0.2) is 14.4 Å². The van der Waals surface area contributed by atoms with Crippen molar-refractivity contribution in [3.05, 3.63) is 51.7 Å². The molecular weight excluding hydrogens is 311 g/mol. The normalized spacial score (nSPS) is 11.5. The number of benzene rings is 1. The van der Waals surface area contributed by atoms with Crippen molar-refractivity contribution in [3.8, 4) is 0 Å². The molecule has 0 unspecified atom stereocenters. The molecule has 0 aliphatic heterocycles. The Morgan fingerprint density at radius 3 is 2.65 bits per heavy atom. The number of guanidine groups is 1. The quantitative estimate of drug-likeness (QED) is 0.604. The molecule has 1 aromatic carbocycles. The fourth-order valence-corrected chi connectivity index (χ4v) is 2.88. The first-order valence-corrected chi connectivity index (χ1v) is 8.73. The van der Waals surface area contributed by atoms with Gasteiger partial charge in [-0.2, -0.15) is 0 Å². The number of halogens is 1. The molecule has 0 radical (unpaired) electrons.